The van der Waals surface area contributed by atoms with Gasteiger partial charge in [-0.25, -0.2) is 0 Å². The van der Waals surface area contributed by atoms with Gasteiger partial charge in [-0.15, -0.1) is 0 Å². The fourth-order valence-corrected chi connectivity index (χ4v) is 3.05. The molecule has 0 heterocycles. The number of hydrogen-bond acceptors (Lipinski definition) is 3. The lowest BCUT2D eigenvalue weighted by molar-refractivity contribution is 0.185. The molecule has 1 saturated carbocycles. The van der Waals surface area contributed by atoms with Crippen molar-refractivity contribution in [2.75, 3.05) is 13.7 Å². The topological polar surface area (TPSA) is 47.3 Å². The minimum Gasteiger partial charge on any atom is -0.385 e. The van der Waals surface area contributed by atoms with Crippen LogP contribution in [0, 0.1) is 16.7 Å². The largest absolute Gasteiger partial charge is 0.385 e. The first-order valence-corrected chi connectivity index (χ1v) is 5.84. The van der Waals surface area contributed by atoms with E-state index in [0.717, 1.165) is 19.4 Å². The van der Waals surface area contributed by atoms with Crippen LogP contribution in [-0.2, 0) is 4.74 Å². The minimum atomic E-state index is 0.400. The van der Waals surface area contributed by atoms with E-state index in [0.29, 0.717) is 22.8 Å². The molecule has 3 heteroatoms. The molecule has 3 N–H and O–H groups in total. The maximum atomic E-state index is 5.65. The Kier molecular flexibility index (Phi) is 3.80. The third-order valence-electron chi connectivity index (χ3n) is 4.61. The second-order valence-corrected chi connectivity index (χ2v) is 5.83. The Morgan fingerprint density at radius 3 is 2.13 bits per heavy atom. The Balaban J connectivity index is 2.48. The van der Waals surface area contributed by atoms with Crippen LogP contribution >= 0.6 is 0 Å². The molecule has 0 amide bonds. The van der Waals surface area contributed by atoms with Gasteiger partial charge < -0.3 is 4.74 Å². The second-order valence-electron chi connectivity index (χ2n) is 5.83. The molecular formula is C12H26N2O. The van der Waals surface area contributed by atoms with Crippen molar-refractivity contribution in [2.45, 2.75) is 46.6 Å². The van der Waals surface area contributed by atoms with Gasteiger partial charge >= 0.3 is 0 Å². The molecular weight excluding hydrogens is 188 g/mol. The van der Waals surface area contributed by atoms with Gasteiger partial charge in [0.2, 0.25) is 0 Å². The predicted octanol–water partition coefficient (Wildman–Crippen LogP) is 1.93. The second kappa shape index (κ2) is 4.40. The summed E-state index contributed by atoms with van der Waals surface area (Å²) in [5, 5.41) is 0. The van der Waals surface area contributed by atoms with Crippen molar-refractivity contribution in [3.05, 3.63) is 0 Å². The number of hydrogen-bond donors (Lipinski definition) is 2. The molecule has 1 aliphatic rings. The predicted molar refractivity (Wildman–Crippen MR) is 63.3 cm³/mol. The monoisotopic (exact) mass is 214 g/mol. The van der Waals surface area contributed by atoms with E-state index in [9.17, 15) is 0 Å². The van der Waals surface area contributed by atoms with Gasteiger partial charge in [-0.05, 0) is 29.6 Å². The van der Waals surface area contributed by atoms with Gasteiger partial charge in [0.05, 0.1) is 0 Å². The first-order chi connectivity index (χ1) is 6.89. The molecule has 3 nitrogen and oxygen atoms in total. The molecule has 15 heavy (non-hydrogen) atoms. The minimum absolute atomic E-state index is 0.400. The quantitative estimate of drug-likeness (QED) is 0.403. The van der Waals surface area contributed by atoms with E-state index in [-0.39, 0.29) is 0 Å². The summed E-state index contributed by atoms with van der Waals surface area (Å²) in [5.74, 6) is 6.32. The molecule has 1 atom stereocenters. The highest BCUT2D eigenvalue weighted by atomic mass is 16.5. The fourth-order valence-electron chi connectivity index (χ4n) is 3.05. The maximum absolute atomic E-state index is 5.65. The van der Waals surface area contributed by atoms with Crippen molar-refractivity contribution in [1.82, 2.24) is 5.43 Å². The van der Waals surface area contributed by atoms with Crippen molar-refractivity contribution in [3.8, 4) is 0 Å². The number of nitrogens with two attached hydrogens (primary N) is 1. The summed E-state index contributed by atoms with van der Waals surface area (Å²) in [5.41, 5.74) is 3.78. The normalized spacial score (nSPS) is 25.2. The zero-order valence-corrected chi connectivity index (χ0v) is 10.8. The van der Waals surface area contributed by atoms with Crippen LogP contribution in [0.5, 0.6) is 0 Å². The summed E-state index contributed by atoms with van der Waals surface area (Å²) >= 11 is 0. The molecule has 1 unspecified atom stereocenters. The Morgan fingerprint density at radius 1 is 1.27 bits per heavy atom. The van der Waals surface area contributed by atoms with Gasteiger partial charge in [-0.3, -0.25) is 11.3 Å². The lowest BCUT2D eigenvalue weighted by atomic mass is 10.0. The van der Waals surface area contributed by atoms with Crippen LogP contribution in [0.15, 0.2) is 0 Å². The zero-order valence-electron chi connectivity index (χ0n) is 10.8. The summed E-state index contributed by atoms with van der Waals surface area (Å²) in [7, 11) is 1.75. The highest BCUT2D eigenvalue weighted by molar-refractivity contribution is 5.15. The van der Waals surface area contributed by atoms with Crippen LogP contribution in [0.4, 0.5) is 0 Å². The van der Waals surface area contributed by atoms with Crippen LogP contribution in [0.2, 0.25) is 0 Å². The fraction of sp³-hybridized carbons (Fsp3) is 1.00. The number of methoxy groups -OCH3 is 1. The summed E-state index contributed by atoms with van der Waals surface area (Å²) in [6, 6.07) is 0.421. The first kappa shape index (κ1) is 12.9. The van der Waals surface area contributed by atoms with Crippen LogP contribution < -0.4 is 11.3 Å². The van der Waals surface area contributed by atoms with Crippen LogP contribution in [0.1, 0.15) is 40.5 Å². The van der Waals surface area contributed by atoms with E-state index < -0.39 is 0 Å². The molecule has 0 aromatic rings. The van der Waals surface area contributed by atoms with Gasteiger partial charge in [-0.2, -0.15) is 0 Å². The summed E-state index contributed by atoms with van der Waals surface area (Å²) in [6.45, 7) is 10.2. The van der Waals surface area contributed by atoms with E-state index in [1.165, 1.54) is 0 Å². The highest BCUT2D eigenvalue weighted by Crippen LogP contribution is 2.69. The summed E-state index contributed by atoms with van der Waals surface area (Å²) < 4.78 is 5.07. The van der Waals surface area contributed by atoms with Crippen LogP contribution in [0.3, 0.4) is 0 Å². The first-order valence-electron chi connectivity index (χ1n) is 5.84. The average molecular weight is 214 g/mol. The standard InChI is InChI=1S/C12H26N2O/c1-11(2)10(12(11,3)4)9(14-13)7-6-8-15-5/h9-10,14H,6-8,13H2,1-5H3. The third-order valence-corrected chi connectivity index (χ3v) is 4.61. The SMILES string of the molecule is COCCCC(NN)C1C(C)(C)C1(C)C. The molecule has 1 fully saturated rings. The van der Waals surface area contributed by atoms with Gasteiger partial charge in [0.15, 0.2) is 0 Å². The summed E-state index contributed by atoms with van der Waals surface area (Å²) in [4.78, 5) is 0. The molecule has 0 spiro atoms. The van der Waals surface area contributed by atoms with Crippen molar-refractivity contribution in [2.24, 2.45) is 22.6 Å². The Labute approximate surface area is 93.7 Å². The van der Waals surface area contributed by atoms with Gasteiger partial charge in [0.25, 0.3) is 0 Å². The van der Waals surface area contributed by atoms with Crippen molar-refractivity contribution in [3.63, 3.8) is 0 Å². The Hall–Kier alpha value is -0.120. The van der Waals surface area contributed by atoms with Gasteiger partial charge in [0.1, 0.15) is 0 Å². The molecule has 0 aliphatic heterocycles. The average Bonchev–Trinajstić information content (AvgIpc) is 2.54. The van der Waals surface area contributed by atoms with E-state index in [4.69, 9.17) is 10.6 Å². The highest BCUT2D eigenvalue weighted by Gasteiger charge is 2.66. The molecule has 0 aromatic carbocycles. The van der Waals surface area contributed by atoms with E-state index in [1.54, 1.807) is 7.11 Å². The summed E-state index contributed by atoms with van der Waals surface area (Å²) in [6.07, 6.45) is 2.18. The zero-order chi connectivity index (χ0) is 11.7. The molecule has 0 radical (unpaired) electrons. The van der Waals surface area contributed by atoms with Crippen molar-refractivity contribution in [1.29, 1.82) is 0 Å². The van der Waals surface area contributed by atoms with Crippen molar-refractivity contribution < 1.29 is 4.74 Å². The molecule has 0 aromatic heterocycles. The van der Waals surface area contributed by atoms with Gasteiger partial charge in [-0.1, -0.05) is 27.7 Å². The third kappa shape index (κ3) is 2.19. The molecule has 1 aliphatic carbocycles. The van der Waals surface area contributed by atoms with Crippen LogP contribution in [0.25, 0.3) is 0 Å². The van der Waals surface area contributed by atoms with E-state index in [1.807, 2.05) is 0 Å². The van der Waals surface area contributed by atoms with E-state index >= 15 is 0 Å². The smallest absolute Gasteiger partial charge is 0.0462 e. The number of rotatable bonds is 6. The maximum Gasteiger partial charge on any atom is 0.0462 e. The van der Waals surface area contributed by atoms with E-state index in [2.05, 4.69) is 33.1 Å². The molecule has 1 rings (SSSR count). The van der Waals surface area contributed by atoms with Crippen LogP contribution in [-0.4, -0.2) is 19.8 Å². The Morgan fingerprint density at radius 2 is 1.80 bits per heavy atom. The lowest BCUT2D eigenvalue weighted by Crippen LogP contribution is -2.38. The molecule has 0 saturated heterocycles. The van der Waals surface area contributed by atoms with Gasteiger partial charge in [0, 0.05) is 19.8 Å². The number of nitrogens with one attached hydrogen (secondary N) is 1. The molecule has 0 bridgehead atoms. The lowest BCUT2D eigenvalue weighted by Gasteiger charge is -2.17. The molecule has 90 valence electrons. The van der Waals surface area contributed by atoms with Crippen molar-refractivity contribution >= 4 is 0 Å². The number of ether oxygens (including phenoxy) is 1. The Bertz CT molecular complexity index is 200. The number of hydrazine groups is 1.